The van der Waals surface area contributed by atoms with Crippen LogP contribution in [0.2, 0.25) is 0 Å². The molecule has 45 heavy (non-hydrogen) atoms. The molecule has 4 aromatic rings. The Morgan fingerprint density at radius 3 is 2.33 bits per heavy atom. The molecule has 2 aliphatic carbocycles. The number of fused-ring (bicyclic) bond motifs is 4. The van der Waals surface area contributed by atoms with Crippen LogP contribution in [0.1, 0.15) is 48.3 Å². The first kappa shape index (κ1) is 29.6. The first-order valence-corrected chi connectivity index (χ1v) is 16.2. The summed E-state index contributed by atoms with van der Waals surface area (Å²) in [7, 11) is 1.73. The minimum absolute atomic E-state index is 0.0146. The molecule has 2 amide bonds. The third-order valence-corrected chi connectivity index (χ3v) is 9.66. The van der Waals surface area contributed by atoms with E-state index in [4.69, 9.17) is 15.2 Å². The van der Waals surface area contributed by atoms with E-state index in [0.29, 0.717) is 32.7 Å². The lowest BCUT2D eigenvalue weighted by atomic mass is 9.93. The average Bonchev–Trinajstić information content (AvgIpc) is 3.78. The zero-order valence-corrected chi connectivity index (χ0v) is 25.9. The van der Waals surface area contributed by atoms with Crippen molar-refractivity contribution < 1.29 is 19.1 Å². The number of rotatable bonds is 10. The largest absolute Gasteiger partial charge is 0.448 e. The van der Waals surface area contributed by atoms with Gasteiger partial charge in [-0.3, -0.25) is 4.79 Å². The number of carbonyl (C=O) groups is 2. The van der Waals surface area contributed by atoms with Gasteiger partial charge in [-0.2, -0.15) is 0 Å². The fourth-order valence-corrected chi connectivity index (χ4v) is 7.36. The molecule has 234 valence electrons. The number of piperidine rings is 1. The number of aromatic nitrogens is 1. The minimum atomic E-state index is -0.401. The molecule has 2 heterocycles. The van der Waals surface area contributed by atoms with Crippen LogP contribution >= 0.6 is 0 Å². The molecule has 8 heteroatoms. The summed E-state index contributed by atoms with van der Waals surface area (Å²) in [4.78, 5) is 31.3. The van der Waals surface area contributed by atoms with Crippen molar-refractivity contribution in [2.45, 2.75) is 56.8 Å². The topological polar surface area (TPSA) is 90.0 Å². The van der Waals surface area contributed by atoms with Crippen LogP contribution in [0.5, 0.6) is 0 Å². The zero-order chi connectivity index (χ0) is 30.9. The first-order valence-electron chi connectivity index (χ1n) is 16.2. The van der Waals surface area contributed by atoms with Crippen LogP contribution in [-0.4, -0.2) is 71.9 Å². The molecule has 2 atom stereocenters. The van der Waals surface area contributed by atoms with E-state index in [0.717, 1.165) is 31.4 Å². The molecule has 0 unspecified atom stereocenters. The fraction of sp³-hybridized carbons (Fsp3) is 0.405. The van der Waals surface area contributed by atoms with Gasteiger partial charge in [0.1, 0.15) is 6.61 Å². The molecule has 3 aromatic carbocycles. The van der Waals surface area contributed by atoms with Crippen molar-refractivity contribution in [2.24, 2.45) is 11.7 Å². The summed E-state index contributed by atoms with van der Waals surface area (Å²) < 4.78 is 13.5. The summed E-state index contributed by atoms with van der Waals surface area (Å²) >= 11 is 0. The predicted molar refractivity (Wildman–Crippen MR) is 175 cm³/mol. The van der Waals surface area contributed by atoms with E-state index in [1.807, 2.05) is 29.2 Å². The Morgan fingerprint density at radius 1 is 0.933 bits per heavy atom. The Bertz CT molecular complexity index is 1650. The highest BCUT2D eigenvalue weighted by Crippen LogP contribution is 2.44. The lowest BCUT2D eigenvalue weighted by Gasteiger charge is -2.37. The summed E-state index contributed by atoms with van der Waals surface area (Å²) in [5.74, 6) is -0.288. The Hall–Kier alpha value is -4.14. The average molecular weight is 607 g/mol. The Kier molecular flexibility index (Phi) is 8.34. The quantitative estimate of drug-likeness (QED) is 0.232. The molecule has 0 bridgehead atoms. The number of benzene rings is 3. The van der Waals surface area contributed by atoms with Crippen molar-refractivity contribution >= 4 is 22.9 Å². The summed E-state index contributed by atoms with van der Waals surface area (Å²) in [6.45, 7) is 3.08. The van der Waals surface area contributed by atoms with Crippen molar-refractivity contribution in [3.63, 3.8) is 0 Å². The number of methoxy groups -OCH3 is 1. The van der Waals surface area contributed by atoms with Crippen molar-refractivity contribution in [3.8, 4) is 11.1 Å². The Labute approximate surface area is 264 Å². The molecule has 3 aliphatic rings. The van der Waals surface area contributed by atoms with Crippen LogP contribution in [-0.2, 0) is 27.4 Å². The molecule has 0 radical (unpaired) electrons. The highest BCUT2D eigenvalue weighted by molar-refractivity contribution is 5.86. The molecule has 1 saturated heterocycles. The smallest absolute Gasteiger partial charge is 0.409 e. The number of hydrogen-bond acceptors (Lipinski definition) is 5. The third kappa shape index (κ3) is 5.97. The minimum Gasteiger partial charge on any atom is -0.448 e. The molecular weight excluding hydrogens is 564 g/mol. The fourth-order valence-electron chi connectivity index (χ4n) is 7.36. The first-order chi connectivity index (χ1) is 22.0. The van der Waals surface area contributed by atoms with Crippen molar-refractivity contribution in [1.29, 1.82) is 0 Å². The Morgan fingerprint density at radius 2 is 1.62 bits per heavy atom. The van der Waals surface area contributed by atoms with E-state index >= 15 is 0 Å². The van der Waals surface area contributed by atoms with Gasteiger partial charge in [-0.25, -0.2) is 4.79 Å². The second kappa shape index (κ2) is 12.7. The lowest BCUT2D eigenvalue weighted by molar-refractivity contribution is -0.138. The van der Waals surface area contributed by atoms with Gasteiger partial charge in [0, 0.05) is 75.0 Å². The third-order valence-electron chi connectivity index (χ3n) is 9.66. The SMILES string of the molecule is COCCCn1cc(CN(C(=O)[C@@H]2C[C@H](N)CN(C(=O)OCC3c4ccccc4-c4ccccc43)C2)C2CC2)c2ccccc21. The number of amides is 2. The zero-order valence-electron chi connectivity index (χ0n) is 25.9. The van der Waals surface area contributed by atoms with E-state index < -0.39 is 6.09 Å². The van der Waals surface area contributed by atoms with Crippen molar-refractivity contribution in [2.75, 3.05) is 33.4 Å². The van der Waals surface area contributed by atoms with E-state index in [1.165, 1.54) is 33.2 Å². The number of carbonyl (C=O) groups excluding carboxylic acids is 2. The highest BCUT2D eigenvalue weighted by Gasteiger charge is 2.40. The summed E-state index contributed by atoms with van der Waals surface area (Å²) in [5, 5.41) is 1.17. The molecule has 7 rings (SSSR count). The van der Waals surface area contributed by atoms with Gasteiger partial charge in [0.2, 0.25) is 5.91 Å². The molecule has 0 spiro atoms. The number of hydrogen-bond donors (Lipinski definition) is 1. The second-order valence-electron chi connectivity index (χ2n) is 12.8. The standard InChI is InChI=1S/C37H42N4O4/c1-44-18-8-17-39-21-26(29-9-6-7-14-35(29)39)22-41(28-15-16-28)36(42)25-19-27(38)23-40(20-25)37(43)45-24-34-32-12-4-2-10-30(32)31-11-3-5-13-33(31)34/h2-7,9-14,21,25,27-28,34H,8,15-20,22-24,38H2,1H3/t25-,27+/m1/s1. The summed E-state index contributed by atoms with van der Waals surface area (Å²) in [5.41, 5.74) is 13.5. The maximum atomic E-state index is 14.2. The van der Waals surface area contributed by atoms with Crippen LogP contribution in [0.15, 0.2) is 79.0 Å². The monoisotopic (exact) mass is 606 g/mol. The van der Waals surface area contributed by atoms with Gasteiger partial charge in [-0.1, -0.05) is 66.7 Å². The number of likely N-dealkylation sites (tertiary alicyclic amines) is 1. The maximum Gasteiger partial charge on any atom is 0.409 e. The number of nitrogens with zero attached hydrogens (tertiary/aromatic N) is 3. The maximum absolute atomic E-state index is 14.2. The van der Waals surface area contributed by atoms with E-state index in [-0.39, 0.29) is 36.4 Å². The molecule has 8 nitrogen and oxygen atoms in total. The van der Waals surface area contributed by atoms with Crippen molar-refractivity contribution in [1.82, 2.24) is 14.4 Å². The molecular formula is C37H42N4O4. The number of aryl methyl sites for hydroxylation is 1. The molecule has 1 aromatic heterocycles. The van der Waals surface area contributed by atoms with Gasteiger partial charge in [-0.15, -0.1) is 0 Å². The van der Waals surface area contributed by atoms with Gasteiger partial charge in [0.15, 0.2) is 0 Å². The highest BCUT2D eigenvalue weighted by atomic mass is 16.6. The van der Waals surface area contributed by atoms with Crippen LogP contribution in [0.4, 0.5) is 4.79 Å². The van der Waals surface area contributed by atoms with Gasteiger partial charge in [0.25, 0.3) is 0 Å². The lowest BCUT2D eigenvalue weighted by Crippen LogP contribution is -2.54. The predicted octanol–water partition coefficient (Wildman–Crippen LogP) is 5.77. The molecule has 2 fully saturated rings. The van der Waals surface area contributed by atoms with Gasteiger partial charge >= 0.3 is 6.09 Å². The van der Waals surface area contributed by atoms with E-state index in [2.05, 4.69) is 59.3 Å². The van der Waals surface area contributed by atoms with Crippen LogP contribution < -0.4 is 5.73 Å². The number of nitrogens with two attached hydrogens (primary N) is 1. The molecule has 2 N–H and O–H groups in total. The number of ether oxygens (including phenoxy) is 2. The number of para-hydroxylation sites is 1. The van der Waals surface area contributed by atoms with Gasteiger partial charge in [-0.05, 0) is 59.6 Å². The van der Waals surface area contributed by atoms with Gasteiger partial charge < -0.3 is 29.6 Å². The van der Waals surface area contributed by atoms with Crippen LogP contribution in [0.3, 0.4) is 0 Å². The summed E-state index contributed by atoms with van der Waals surface area (Å²) in [6, 6.07) is 25.0. The van der Waals surface area contributed by atoms with Crippen molar-refractivity contribution in [3.05, 3.63) is 95.7 Å². The normalized spacial score (nSPS) is 19.4. The van der Waals surface area contributed by atoms with E-state index in [9.17, 15) is 9.59 Å². The van der Waals surface area contributed by atoms with Gasteiger partial charge in [0.05, 0.1) is 5.92 Å². The second-order valence-corrected chi connectivity index (χ2v) is 12.8. The summed E-state index contributed by atoms with van der Waals surface area (Å²) in [6.07, 6.45) is 5.29. The van der Waals surface area contributed by atoms with E-state index in [1.54, 1.807) is 12.0 Å². The molecule has 1 saturated carbocycles. The van der Waals surface area contributed by atoms with Crippen LogP contribution in [0, 0.1) is 5.92 Å². The van der Waals surface area contributed by atoms with Crippen LogP contribution in [0.25, 0.3) is 22.0 Å². The molecule has 1 aliphatic heterocycles. The Balaban J connectivity index is 1.04.